The van der Waals surface area contributed by atoms with E-state index in [9.17, 15) is 22.8 Å². The molecule has 3 amide bonds. The summed E-state index contributed by atoms with van der Waals surface area (Å²) >= 11 is 1.30. The Morgan fingerprint density at radius 1 is 1.00 bits per heavy atom. The van der Waals surface area contributed by atoms with Gasteiger partial charge < -0.3 is 10.1 Å². The number of hydrogen-bond acceptors (Lipinski definition) is 8. The second-order valence-electron chi connectivity index (χ2n) is 10.8. The number of anilines is 1. The normalized spacial score (nSPS) is 17.6. The third-order valence-electron chi connectivity index (χ3n) is 8.01. The van der Waals surface area contributed by atoms with Crippen molar-refractivity contribution < 1.29 is 27.5 Å². The summed E-state index contributed by atoms with van der Waals surface area (Å²) in [6.07, 6.45) is 3.12. The van der Waals surface area contributed by atoms with E-state index in [4.69, 9.17) is 0 Å². The first-order valence-electron chi connectivity index (χ1n) is 14.4. The molecule has 1 atom stereocenters. The smallest absolute Gasteiger partial charge is 0.413 e. The van der Waals surface area contributed by atoms with Crippen molar-refractivity contribution in [2.75, 3.05) is 25.5 Å². The van der Waals surface area contributed by atoms with Gasteiger partial charge in [-0.2, -0.15) is 4.31 Å². The summed E-state index contributed by atoms with van der Waals surface area (Å²) in [5.41, 5.74) is 2.46. The quantitative estimate of drug-likeness (QED) is 0.361. The van der Waals surface area contributed by atoms with Crippen LogP contribution in [-0.4, -0.2) is 61.8 Å². The summed E-state index contributed by atoms with van der Waals surface area (Å²) in [5, 5.41) is 5.39. The van der Waals surface area contributed by atoms with Gasteiger partial charge in [-0.25, -0.2) is 13.2 Å². The Hall–Kier alpha value is -3.58. The zero-order chi connectivity index (χ0) is 30.6. The van der Waals surface area contributed by atoms with Gasteiger partial charge in [0.15, 0.2) is 0 Å². The Labute approximate surface area is 256 Å². The van der Waals surface area contributed by atoms with Gasteiger partial charge in [0.1, 0.15) is 5.00 Å². The molecule has 1 unspecified atom stereocenters. The number of methoxy groups -OCH3 is 1. The zero-order valence-corrected chi connectivity index (χ0v) is 25.9. The maximum absolute atomic E-state index is 13.4. The van der Waals surface area contributed by atoms with Gasteiger partial charge in [0, 0.05) is 42.7 Å². The van der Waals surface area contributed by atoms with Gasteiger partial charge in [0.25, 0.3) is 11.8 Å². The Bertz CT molecular complexity index is 1590. The van der Waals surface area contributed by atoms with Crippen LogP contribution in [0.15, 0.2) is 59.5 Å². The van der Waals surface area contributed by atoms with Crippen LogP contribution in [0.25, 0.3) is 0 Å². The third kappa shape index (κ3) is 6.82. The van der Waals surface area contributed by atoms with Crippen molar-refractivity contribution >= 4 is 44.3 Å². The number of amides is 3. The van der Waals surface area contributed by atoms with E-state index in [1.807, 2.05) is 25.1 Å². The average molecular weight is 625 g/mol. The van der Waals surface area contributed by atoms with Crippen LogP contribution in [0.4, 0.5) is 9.80 Å². The second-order valence-corrected chi connectivity index (χ2v) is 13.7. The molecule has 3 aromatic rings. The lowest BCUT2D eigenvalue weighted by Crippen LogP contribution is -2.43. The molecule has 0 aliphatic carbocycles. The van der Waals surface area contributed by atoms with Crippen molar-refractivity contribution in [1.29, 1.82) is 0 Å². The topological polar surface area (TPSA) is 125 Å². The highest BCUT2D eigenvalue weighted by atomic mass is 32.2. The summed E-state index contributed by atoms with van der Waals surface area (Å²) in [4.78, 5) is 41.7. The minimum atomic E-state index is -3.68. The lowest BCUT2D eigenvalue weighted by atomic mass is 10.0. The number of nitrogens with one attached hydrogen (secondary N) is 2. The summed E-state index contributed by atoms with van der Waals surface area (Å²) in [7, 11) is -2.51. The molecule has 1 fully saturated rings. The molecule has 228 valence electrons. The van der Waals surface area contributed by atoms with Crippen molar-refractivity contribution in [3.05, 3.63) is 81.7 Å². The van der Waals surface area contributed by atoms with Gasteiger partial charge in [-0.05, 0) is 61.1 Å². The van der Waals surface area contributed by atoms with Crippen LogP contribution in [0.5, 0.6) is 0 Å². The number of hydrogen-bond donors (Lipinski definition) is 2. The van der Waals surface area contributed by atoms with Crippen molar-refractivity contribution in [1.82, 2.24) is 14.5 Å². The monoisotopic (exact) mass is 624 g/mol. The second kappa shape index (κ2) is 13.4. The lowest BCUT2D eigenvalue weighted by Gasteiger charge is -2.34. The first-order valence-corrected chi connectivity index (χ1v) is 16.7. The maximum Gasteiger partial charge on any atom is 0.413 e. The number of rotatable bonds is 8. The predicted octanol–water partition coefficient (Wildman–Crippen LogP) is 5.01. The molecule has 43 heavy (non-hydrogen) atoms. The molecule has 5 rings (SSSR count). The molecule has 1 saturated heterocycles. The molecule has 2 N–H and O–H groups in total. The predicted molar refractivity (Wildman–Crippen MR) is 165 cm³/mol. The van der Waals surface area contributed by atoms with Crippen LogP contribution < -0.4 is 10.6 Å². The molecular weight excluding hydrogens is 588 g/mol. The van der Waals surface area contributed by atoms with E-state index in [-0.39, 0.29) is 22.1 Å². The Kier molecular flexibility index (Phi) is 9.60. The SMILES string of the molecule is CCC1CCCCN1S(=O)(=O)c1ccc(C(=O)Nc2sc3c(c2C(=O)NC(=O)OC)CCN(Cc2ccccc2)C3)cc1. The third-order valence-corrected chi connectivity index (χ3v) is 11.1. The van der Waals surface area contributed by atoms with Gasteiger partial charge in [-0.15, -0.1) is 11.3 Å². The maximum atomic E-state index is 13.4. The van der Waals surface area contributed by atoms with E-state index >= 15 is 0 Å². The fourth-order valence-corrected chi connectivity index (χ4v) is 8.80. The van der Waals surface area contributed by atoms with Crippen LogP contribution in [0, 0.1) is 0 Å². The number of carbonyl (C=O) groups is 3. The molecule has 0 saturated carbocycles. The first kappa shape index (κ1) is 30.9. The number of carbonyl (C=O) groups excluding carboxylic acids is 3. The molecule has 2 aromatic carbocycles. The minimum absolute atomic E-state index is 0.0234. The van der Waals surface area contributed by atoms with Crippen molar-refractivity contribution in [2.45, 2.75) is 63.1 Å². The number of ether oxygens (including phenoxy) is 1. The molecule has 12 heteroatoms. The molecule has 2 aliphatic heterocycles. The van der Waals surface area contributed by atoms with E-state index in [1.165, 1.54) is 48.3 Å². The van der Waals surface area contributed by atoms with Crippen LogP contribution in [0.1, 0.15) is 69.3 Å². The largest absolute Gasteiger partial charge is 0.453 e. The van der Waals surface area contributed by atoms with Gasteiger partial charge in [0.2, 0.25) is 10.0 Å². The molecule has 10 nitrogen and oxygen atoms in total. The molecule has 0 radical (unpaired) electrons. The van der Waals surface area contributed by atoms with Gasteiger partial charge in [-0.1, -0.05) is 43.7 Å². The summed E-state index contributed by atoms with van der Waals surface area (Å²) in [6.45, 7) is 4.52. The van der Waals surface area contributed by atoms with Crippen LogP contribution in [0.2, 0.25) is 0 Å². The Morgan fingerprint density at radius 2 is 1.74 bits per heavy atom. The van der Waals surface area contributed by atoms with E-state index in [1.54, 1.807) is 4.31 Å². The molecule has 1 aromatic heterocycles. The van der Waals surface area contributed by atoms with E-state index in [2.05, 4.69) is 32.4 Å². The van der Waals surface area contributed by atoms with Crippen molar-refractivity contribution in [3.63, 3.8) is 0 Å². The van der Waals surface area contributed by atoms with Crippen molar-refractivity contribution in [3.8, 4) is 0 Å². The fourth-order valence-electron chi connectivity index (χ4n) is 5.75. The number of imide groups is 1. The summed E-state index contributed by atoms with van der Waals surface area (Å²) in [6, 6.07) is 16.0. The highest BCUT2D eigenvalue weighted by Gasteiger charge is 2.33. The molecular formula is C31H36N4O6S2. The van der Waals surface area contributed by atoms with Crippen molar-refractivity contribution in [2.24, 2.45) is 0 Å². The first-order chi connectivity index (χ1) is 20.7. The lowest BCUT2D eigenvalue weighted by molar-refractivity contribution is 0.0936. The highest BCUT2D eigenvalue weighted by Crippen LogP contribution is 2.38. The number of thiophene rings is 1. The zero-order valence-electron chi connectivity index (χ0n) is 24.3. The average Bonchev–Trinajstić information content (AvgIpc) is 3.38. The molecule has 3 heterocycles. The molecule has 0 spiro atoms. The highest BCUT2D eigenvalue weighted by molar-refractivity contribution is 7.89. The number of fused-ring (bicyclic) bond motifs is 1. The van der Waals surface area contributed by atoms with Gasteiger partial charge in [-0.3, -0.25) is 19.8 Å². The molecule has 0 bridgehead atoms. The summed E-state index contributed by atoms with van der Waals surface area (Å²) < 4.78 is 32.9. The number of piperidine rings is 1. The minimum Gasteiger partial charge on any atom is -0.453 e. The molecule has 2 aliphatic rings. The fraction of sp³-hybridized carbons (Fsp3) is 0.387. The van der Waals surface area contributed by atoms with Crippen LogP contribution in [0.3, 0.4) is 0 Å². The van der Waals surface area contributed by atoms with Gasteiger partial charge in [0.05, 0.1) is 17.6 Å². The van der Waals surface area contributed by atoms with E-state index in [0.717, 1.165) is 42.7 Å². The number of nitrogens with zero attached hydrogens (tertiary/aromatic N) is 2. The number of benzene rings is 2. The Morgan fingerprint density at radius 3 is 2.44 bits per heavy atom. The van der Waals surface area contributed by atoms with E-state index in [0.29, 0.717) is 31.1 Å². The summed E-state index contributed by atoms with van der Waals surface area (Å²) in [5.74, 6) is -1.13. The van der Waals surface area contributed by atoms with Crippen LogP contribution >= 0.6 is 11.3 Å². The Balaban J connectivity index is 1.37. The number of alkyl carbamates (subject to hydrolysis) is 1. The van der Waals surface area contributed by atoms with Crippen LogP contribution in [-0.2, 0) is 34.3 Å². The van der Waals surface area contributed by atoms with Gasteiger partial charge >= 0.3 is 6.09 Å². The standard InChI is InChI=1S/C31H36N4O6S2/c1-3-23-11-7-8-17-35(23)43(39,40)24-14-12-22(13-15-24)28(36)32-30-27(29(37)33-31(38)41-2)25-16-18-34(20-26(25)42-30)19-21-9-5-4-6-10-21/h4-6,9-10,12-15,23H,3,7-8,11,16-20H2,1-2H3,(H,32,36)(H,33,37,38). The van der Waals surface area contributed by atoms with E-state index < -0.39 is 27.9 Å². The number of sulfonamides is 1.